The largest absolute Gasteiger partial charge is 0.472 e. The van der Waals surface area contributed by atoms with Crippen molar-refractivity contribution in [3.05, 3.63) is 48.0 Å². The first-order valence-electron chi connectivity index (χ1n) is 7.62. The minimum absolute atomic E-state index is 0.219. The lowest BCUT2D eigenvalue weighted by Gasteiger charge is -2.27. The molecule has 1 saturated heterocycles. The number of nitrogens with one attached hydrogen (secondary N) is 2. The molecule has 0 saturated carbocycles. The van der Waals surface area contributed by atoms with Crippen LogP contribution >= 0.6 is 0 Å². The summed E-state index contributed by atoms with van der Waals surface area (Å²) in [5.74, 6) is 0.946. The zero-order valence-corrected chi connectivity index (χ0v) is 12.8. The molecule has 0 atom stereocenters. The molecule has 3 rings (SSSR count). The quantitative estimate of drug-likeness (QED) is 0.874. The van der Waals surface area contributed by atoms with Gasteiger partial charge in [-0.2, -0.15) is 0 Å². The summed E-state index contributed by atoms with van der Waals surface area (Å²) in [4.78, 5) is 18.4. The fourth-order valence-electron chi connectivity index (χ4n) is 2.32. The highest BCUT2D eigenvalue weighted by atomic mass is 16.5. The van der Waals surface area contributed by atoms with Crippen molar-refractivity contribution in [1.29, 1.82) is 0 Å². The van der Waals surface area contributed by atoms with Gasteiger partial charge >= 0.3 is 6.03 Å². The number of carbonyl (C=O) groups is 1. The molecule has 0 aromatic carbocycles. The first-order chi connectivity index (χ1) is 11.3. The summed E-state index contributed by atoms with van der Waals surface area (Å²) in [5, 5.41) is 5.57. The SMILES string of the molecule is O=C(NCc1ccc(N2CCOCC2)nc1)NCc1ccoc1. The van der Waals surface area contributed by atoms with Crippen LogP contribution in [0.3, 0.4) is 0 Å². The molecule has 2 aromatic heterocycles. The number of nitrogens with zero attached hydrogens (tertiary/aromatic N) is 2. The highest BCUT2D eigenvalue weighted by Gasteiger charge is 2.12. The lowest BCUT2D eigenvalue weighted by molar-refractivity contribution is 0.122. The van der Waals surface area contributed by atoms with Crippen LogP contribution in [0.1, 0.15) is 11.1 Å². The molecule has 122 valence electrons. The maximum atomic E-state index is 11.7. The van der Waals surface area contributed by atoms with Gasteiger partial charge < -0.3 is 24.7 Å². The Balaban J connectivity index is 1.43. The number of rotatable bonds is 5. The lowest BCUT2D eigenvalue weighted by atomic mass is 10.2. The molecule has 3 heterocycles. The third-order valence-corrected chi connectivity index (χ3v) is 3.63. The average molecular weight is 316 g/mol. The number of furan rings is 1. The second-order valence-corrected chi connectivity index (χ2v) is 5.29. The van der Waals surface area contributed by atoms with Crippen LogP contribution in [-0.4, -0.2) is 37.3 Å². The molecule has 0 radical (unpaired) electrons. The molecular formula is C16H20N4O3. The van der Waals surface area contributed by atoms with E-state index in [-0.39, 0.29) is 6.03 Å². The molecule has 0 bridgehead atoms. The van der Waals surface area contributed by atoms with E-state index in [1.807, 2.05) is 18.2 Å². The predicted octanol–water partition coefficient (Wildman–Crippen LogP) is 1.51. The van der Waals surface area contributed by atoms with Crippen molar-refractivity contribution in [2.24, 2.45) is 0 Å². The molecule has 7 heteroatoms. The minimum Gasteiger partial charge on any atom is -0.472 e. The van der Waals surface area contributed by atoms with E-state index in [2.05, 4.69) is 20.5 Å². The Morgan fingerprint density at radius 3 is 2.57 bits per heavy atom. The van der Waals surface area contributed by atoms with E-state index in [1.165, 1.54) is 0 Å². The molecule has 0 spiro atoms. The van der Waals surface area contributed by atoms with Crippen LogP contribution in [0.2, 0.25) is 0 Å². The predicted molar refractivity (Wildman–Crippen MR) is 85.1 cm³/mol. The Labute approximate surface area is 134 Å². The summed E-state index contributed by atoms with van der Waals surface area (Å²) in [7, 11) is 0. The van der Waals surface area contributed by atoms with Crippen LogP contribution in [0, 0.1) is 0 Å². The van der Waals surface area contributed by atoms with Crippen molar-refractivity contribution in [3.63, 3.8) is 0 Å². The highest BCUT2D eigenvalue weighted by Crippen LogP contribution is 2.12. The number of carbonyl (C=O) groups excluding carboxylic acids is 1. The van der Waals surface area contributed by atoms with Gasteiger partial charge in [0.15, 0.2) is 0 Å². The minimum atomic E-state index is -0.219. The Hall–Kier alpha value is -2.54. The van der Waals surface area contributed by atoms with Crippen molar-refractivity contribution >= 4 is 11.8 Å². The standard InChI is InChI=1S/C16H20N4O3/c21-16(19-11-14-3-6-23-12-14)18-10-13-1-2-15(17-9-13)20-4-7-22-8-5-20/h1-3,6,9,12H,4-5,7-8,10-11H2,(H2,18,19,21). The van der Waals surface area contributed by atoms with Gasteiger partial charge in [-0.25, -0.2) is 9.78 Å². The van der Waals surface area contributed by atoms with E-state index >= 15 is 0 Å². The molecule has 2 N–H and O–H groups in total. The third kappa shape index (κ3) is 4.46. The van der Waals surface area contributed by atoms with Crippen molar-refractivity contribution in [1.82, 2.24) is 15.6 Å². The molecule has 7 nitrogen and oxygen atoms in total. The van der Waals surface area contributed by atoms with Crippen LogP contribution < -0.4 is 15.5 Å². The molecule has 1 fully saturated rings. The van der Waals surface area contributed by atoms with Gasteiger partial charge in [0.1, 0.15) is 5.82 Å². The maximum absolute atomic E-state index is 11.7. The topological polar surface area (TPSA) is 79.6 Å². The number of aromatic nitrogens is 1. The zero-order chi connectivity index (χ0) is 15.9. The number of hydrogen-bond donors (Lipinski definition) is 2. The van der Waals surface area contributed by atoms with Gasteiger partial charge in [-0.15, -0.1) is 0 Å². The second-order valence-electron chi connectivity index (χ2n) is 5.29. The van der Waals surface area contributed by atoms with Crippen LogP contribution in [-0.2, 0) is 17.8 Å². The lowest BCUT2D eigenvalue weighted by Crippen LogP contribution is -2.36. The zero-order valence-electron chi connectivity index (χ0n) is 12.8. The fourth-order valence-corrected chi connectivity index (χ4v) is 2.32. The molecule has 1 aliphatic rings. The van der Waals surface area contributed by atoms with Gasteiger partial charge in [0, 0.05) is 37.9 Å². The Bertz CT molecular complexity index is 607. The van der Waals surface area contributed by atoms with Gasteiger partial charge in [0.25, 0.3) is 0 Å². The number of anilines is 1. The molecule has 23 heavy (non-hydrogen) atoms. The van der Waals surface area contributed by atoms with Gasteiger partial charge in [-0.05, 0) is 17.7 Å². The first-order valence-corrected chi connectivity index (χ1v) is 7.62. The van der Waals surface area contributed by atoms with E-state index in [9.17, 15) is 4.79 Å². The Morgan fingerprint density at radius 1 is 1.13 bits per heavy atom. The summed E-state index contributed by atoms with van der Waals surface area (Å²) in [5.41, 5.74) is 1.89. The summed E-state index contributed by atoms with van der Waals surface area (Å²) in [6.07, 6.45) is 4.98. The van der Waals surface area contributed by atoms with Crippen LogP contribution in [0.15, 0.2) is 41.3 Å². The summed E-state index contributed by atoms with van der Waals surface area (Å²) in [6.45, 7) is 4.08. The molecule has 2 aromatic rings. The second kappa shape index (κ2) is 7.64. The van der Waals surface area contributed by atoms with Gasteiger partial charge in [0.05, 0.1) is 25.7 Å². The van der Waals surface area contributed by atoms with Crippen molar-refractivity contribution in [2.45, 2.75) is 13.1 Å². The smallest absolute Gasteiger partial charge is 0.315 e. The molecule has 2 amide bonds. The van der Waals surface area contributed by atoms with Gasteiger partial charge in [-0.1, -0.05) is 6.07 Å². The molecule has 1 aliphatic heterocycles. The number of amides is 2. The fraction of sp³-hybridized carbons (Fsp3) is 0.375. The van der Waals surface area contributed by atoms with Crippen molar-refractivity contribution in [2.75, 3.05) is 31.2 Å². The maximum Gasteiger partial charge on any atom is 0.315 e. The van der Waals surface area contributed by atoms with Crippen molar-refractivity contribution in [3.8, 4) is 0 Å². The van der Waals surface area contributed by atoms with Crippen LogP contribution in [0.5, 0.6) is 0 Å². The number of pyridine rings is 1. The monoisotopic (exact) mass is 316 g/mol. The molecular weight excluding hydrogens is 296 g/mol. The normalized spacial score (nSPS) is 14.5. The molecule has 0 aliphatic carbocycles. The van der Waals surface area contributed by atoms with E-state index in [0.717, 1.165) is 43.2 Å². The Kier molecular flexibility index (Phi) is 5.10. The van der Waals surface area contributed by atoms with E-state index in [0.29, 0.717) is 13.1 Å². The third-order valence-electron chi connectivity index (χ3n) is 3.63. The summed E-state index contributed by atoms with van der Waals surface area (Å²) in [6, 6.07) is 5.55. The number of ether oxygens (including phenoxy) is 1. The van der Waals surface area contributed by atoms with Crippen molar-refractivity contribution < 1.29 is 13.9 Å². The average Bonchev–Trinajstić information content (AvgIpc) is 3.13. The summed E-state index contributed by atoms with van der Waals surface area (Å²) >= 11 is 0. The summed E-state index contributed by atoms with van der Waals surface area (Å²) < 4.78 is 10.3. The van der Waals surface area contributed by atoms with E-state index < -0.39 is 0 Å². The van der Waals surface area contributed by atoms with Gasteiger partial charge in [-0.3, -0.25) is 0 Å². The van der Waals surface area contributed by atoms with Crippen LogP contribution in [0.25, 0.3) is 0 Å². The molecule has 0 unspecified atom stereocenters. The number of urea groups is 1. The van der Waals surface area contributed by atoms with E-state index in [1.54, 1.807) is 18.7 Å². The first kappa shape index (κ1) is 15.4. The van der Waals surface area contributed by atoms with E-state index in [4.69, 9.17) is 9.15 Å². The Morgan fingerprint density at radius 2 is 1.91 bits per heavy atom. The van der Waals surface area contributed by atoms with Gasteiger partial charge in [0.2, 0.25) is 0 Å². The van der Waals surface area contributed by atoms with Crippen LogP contribution in [0.4, 0.5) is 10.6 Å². The number of morpholine rings is 1. The number of hydrogen-bond acceptors (Lipinski definition) is 5. The highest BCUT2D eigenvalue weighted by molar-refractivity contribution is 5.73.